The van der Waals surface area contributed by atoms with Gasteiger partial charge in [0.05, 0.1) is 0 Å². The van der Waals surface area contributed by atoms with Crippen molar-refractivity contribution in [3.05, 3.63) is 0 Å². The normalized spacial score (nSPS) is 15.8. The molecule has 0 bridgehead atoms. The van der Waals surface area contributed by atoms with Crippen LogP contribution in [0.5, 0.6) is 0 Å². The minimum absolute atomic E-state index is 0.258. The van der Waals surface area contributed by atoms with Crippen molar-refractivity contribution in [2.75, 3.05) is 13.9 Å². The van der Waals surface area contributed by atoms with Crippen molar-refractivity contribution in [2.45, 2.75) is 25.9 Å². The fourth-order valence-corrected chi connectivity index (χ4v) is 0.435. The quantitative estimate of drug-likeness (QED) is 0.436. The van der Waals surface area contributed by atoms with Crippen LogP contribution in [0.1, 0.15) is 20.3 Å². The van der Waals surface area contributed by atoms with Crippen LogP contribution in [0.4, 0.5) is 0 Å². The maximum absolute atomic E-state index is 5.23. The van der Waals surface area contributed by atoms with Crippen molar-refractivity contribution >= 4 is 0 Å². The summed E-state index contributed by atoms with van der Waals surface area (Å²) in [6.45, 7) is 4.11. The monoisotopic (exact) mass is 142 g/mol. The summed E-state index contributed by atoms with van der Waals surface area (Å²) >= 11 is 0. The summed E-state index contributed by atoms with van der Waals surface area (Å²) in [7, 11) is 1.58. The van der Waals surface area contributed by atoms with E-state index in [1.54, 1.807) is 7.11 Å². The Morgan fingerprint density at radius 2 is 2.20 bits per heavy atom. The average molecular weight is 142 g/mol. The summed E-state index contributed by atoms with van der Waals surface area (Å²) in [4.78, 5) is 0. The Hall–Kier alpha value is -0.520. The van der Waals surface area contributed by atoms with Gasteiger partial charge in [-0.05, 0) is 13.3 Å². The molecule has 0 aromatic carbocycles. The minimum atomic E-state index is -0.462. The first-order valence-corrected chi connectivity index (χ1v) is 3.29. The Kier molecular flexibility index (Phi) is 4.10. The van der Waals surface area contributed by atoms with E-state index in [1.165, 1.54) is 0 Å². The fraction of sp³-hybridized carbons (Fsp3) is 0.750. The number of hydrogen-bond donors (Lipinski definition) is 0. The Morgan fingerprint density at radius 3 is 2.50 bits per heavy atom. The Morgan fingerprint density at radius 1 is 1.60 bits per heavy atom. The zero-order valence-electron chi connectivity index (χ0n) is 6.81. The van der Waals surface area contributed by atoms with Crippen LogP contribution in [0.15, 0.2) is 0 Å². The van der Waals surface area contributed by atoms with Crippen molar-refractivity contribution in [2.24, 2.45) is 0 Å². The third-order valence-electron chi connectivity index (χ3n) is 1.48. The smallest absolute Gasteiger partial charge is 0.148 e. The molecule has 1 unspecified atom stereocenters. The van der Waals surface area contributed by atoms with Gasteiger partial charge < -0.3 is 9.47 Å². The number of rotatable bonds is 4. The highest BCUT2D eigenvalue weighted by Gasteiger charge is 2.18. The van der Waals surface area contributed by atoms with Gasteiger partial charge in [0.1, 0.15) is 12.4 Å². The standard InChI is InChI=1S/C8H14O2/c1-5-8(3,6-2)10-7-9-4/h1H,6-7H2,2-4H3. The van der Waals surface area contributed by atoms with Crippen molar-refractivity contribution in [3.63, 3.8) is 0 Å². The van der Waals surface area contributed by atoms with Crippen LogP contribution < -0.4 is 0 Å². The third kappa shape index (κ3) is 2.86. The molecular formula is C8H14O2. The van der Waals surface area contributed by atoms with Crippen molar-refractivity contribution in [1.29, 1.82) is 0 Å². The van der Waals surface area contributed by atoms with Gasteiger partial charge in [-0.2, -0.15) is 0 Å². The van der Waals surface area contributed by atoms with E-state index in [4.69, 9.17) is 15.9 Å². The maximum atomic E-state index is 5.23. The van der Waals surface area contributed by atoms with Gasteiger partial charge in [0, 0.05) is 7.11 Å². The lowest BCUT2D eigenvalue weighted by molar-refractivity contribution is -0.0965. The predicted octanol–water partition coefficient (Wildman–Crippen LogP) is 1.41. The first-order chi connectivity index (χ1) is 4.68. The zero-order chi connectivity index (χ0) is 8.04. The second kappa shape index (κ2) is 4.32. The molecule has 0 saturated heterocycles. The Labute approximate surface area is 62.5 Å². The molecule has 0 aliphatic carbocycles. The Bertz CT molecular complexity index is 126. The van der Waals surface area contributed by atoms with E-state index in [-0.39, 0.29) is 6.79 Å². The molecule has 0 spiro atoms. The second-order valence-corrected chi connectivity index (χ2v) is 2.28. The predicted molar refractivity (Wildman–Crippen MR) is 40.5 cm³/mol. The van der Waals surface area contributed by atoms with Gasteiger partial charge in [-0.25, -0.2) is 0 Å². The summed E-state index contributed by atoms with van der Waals surface area (Å²) in [5.74, 6) is 2.56. The summed E-state index contributed by atoms with van der Waals surface area (Å²) in [6.07, 6.45) is 6.03. The largest absolute Gasteiger partial charge is 0.359 e. The van der Waals surface area contributed by atoms with E-state index in [2.05, 4.69) is 5.92 Å². The molecule has 0 rings (SSSR count). The van der Waals surface area contributed by atoms with Crippen LogP contribution in [0, 0.1) is 12.3 Å². The molecule has 2 heteroatoms. The molecule has 0 fully saturated rings. The molecule has 0 aliphatic rings. The molecule has 0 saturated carbocycles. The topological polar surface area (TPSA) is 18.5 Å². The van der Waals surface area contributed by atoms with Gasteiger partial charge in [-0.15, -0.1) is 6.42 Å². The number of terminal acetylenes is 1. The minimum Gasteiger partial charge on any atom is -0.359 e. The average Bonchev–Trinajstić information content (AvgIpc) is 2.00. The van der Waals surface area contributed by atoms with Gasteiger partial charge in [0.2, 0.25) is 0 Å². The first-order valence-electron chi connectivity index (χ1n) is 3.29. The lowest BCUT2D eigenvalue weighted by Gasteiger charge is -2.21. The molecule has 1 atom stereocenters. The van der Waals surface area contributed by atoms with Crippen LogP contribution in [0.3, 0.4) is 0 Å². The molecule has 10 heavy (non-hydrogen) atoms. The fourth-order valence-electron chi connectivity index (χ4n) is 0.435. The molecule has 2 nitrogen and oxygen atoms in total. The van der Waals surface area contributed by atoms with Gasteiger partial charge in [-0.1, -0.05) is 12.8 Å². The van der Waals surface area contributed by atoms with Crippen molar-refractivity contribution in [3.8, 4) is 12.3 Å². The van der Waals surface area contributed by atoms with E-state index in [9.17, 15) is 0 Å². The lowest BCUT2D eigenvalue weighted by Crippen LogP contribution is -2.26. The number of ether oxygens (including phenoxy) is 2. The van der Waals surface area contributed by atoms with Crippen LogP contribution >= 0.6 is 0 Å². The lowest BCUT2D eigenvalue weighted by atomic mass is 10.1. The maximum Gasteiger partial charge on any atom is 0.148 e. The van der Waals surface area contributed by atoms with Gasteiger partial charge >= 0.3 is 0 Å². The summed E-state index contributed by atoms with van der Waals surface area (Å²) in [6, 6.07) is 0. The highest BCUT2D eigenvalue weighted by atomic mass is 16.7. The van der Waals surface area contributed by atoms with Gasteiger partial charge in [0.25, 0.3) is 0 Å². The van der Waals surface area contributed by atoms with E-state index in [1.807, 2.05) is 13.8 Å². The van der Waals surface area contributed by atoms with Crippen LogP contribution in [-0.2, 0) is 9.47 Å². The summed E-state index contributed by atoms with van der Waals surface area (Å²) < 4.78 is 9.94. The van der Waals surface area contributed by atoms with E-state index < -0.39 is 5.60 Å². The van der Waals surface area contributed by atoms with E-state index >= 15 is 0 Å². The molecule has 0 amide bonds. The van der Waals surface area contributed by atoms with Crippen molar-refractivity contribution < 1.29 is 9.47 Å². The summed E-state index contributed by atoms with van der Waals surface area (Å²) in [5, 5.41) is 0. The van der Waals surface area contributed by atoms with E-state index in [0.717, 1.165) is 6.42 Å². The second-order valence-electron chi connectivity index (χ2n) is 2.28. The first kappa shape index (κ1) is 9.48. The van der Waals surface area contributed by atoms with Gasteiger partial charge in [-0.3, -0.25) is 0 Å². The zero-order valence-corrected chi connectivity index (χ0v) is 6.81. The molecule has 0 aliphatic heterocycles. The number of methoxy groups -OCH3 is 1. The summed E-state index contributed by atoms with van der Waals surface area (Å²) in [5.41, 5.74) is -0.462. The Balaban J connectivity index is 3.72. The molecule has 0 aromatic rings. The highest BCUT2D eigenvalue weighted by molar-refractivity contribution is 5.04. The van der Waals surface area contributed by atoms with E-state index in [0.29, 0.717) is 0 Å². The molecule has 0 radical (unpaired) electrons. The van der Waals surface area contributed by atoms with Gasteiger partial charge in [0.15, 0.2) is 0 Å². The number of hydrogen-bond acceptors (Lipinski definition) is 2. The molecular weight excluding hydrogens is 128 g/mol. The van der Waals surface area contributed by atoms with Crippen LogP contribution in [-0.4, -0.2) is 19.5 Å². The highest BCUT2D eigenvalue weighted by Crippen LogP contribution is 2.12. The molecule has 0 aromatic heterocycles. The van der Waals surface area contributed by atoms with Crippen LogP contribution in [0.2, 0.25) is 0 Å². The molecule has 58 valence electrons. The molecule has 0 N–H and O–H groups in total. The third-order valence-corrected chi connectivity index (χ3v) is 1.48. The SMILES string of the molecule is C#CC(C)(CC)OCOC. The van der Waals surface area contributed by atoms with Crippen LogP contribution in [0.25, 0.3) is 0 Å². The van der Waals surface area contributed by atoms with Crippen molar-refractivity contribution in [1.82, 2.24) is 0 Å². The molecule has 0 heterocycles.